The van der Waals surface area contributed by atoms with Crippen molar-refractivity contribution in [3.8, 4) is 5.75 Å². The molecule has 0 unspecified atom stereocenters. The van der Waals surface area contributed by atoms with Crippen molar-refractivity contribution in [3.05, 3.63) is 58.7 Å². The number of fused-ring (bicyclic) bond motifs is 1. The van der Waals surface area contributed by atoms with Gasteiger partial charge in [-0.1, -0.05) is 23.7 Å². The molecular formula is C21H17ClN2O5. The van der Waals surface area contributed by atoms with Gasteiger partial charge in [-0.2, -0.15) is 0 Å². The number of aromatic carboxylic acids is 1. The number of amides is 2. The van der Waals surface area contributed by atoms with Gasteiger partial charge in [-0.05, 0) is 35.9 Å². The van der Waals surface area contributed by atoms with Crippen molar-refractivity contribution in [2.45, 2.75) is 19.4 Å². The molecule has 4 rings (SSSR count). The molecule has 148 valence electrons. The molecule has 1 fully saturated rings. The Morgan fingerprint density at radius 1 is 1.14 bits per heavy atom. The highest BCUT2D eigenvalue weighted by atomic mass is 35.5. The maximum atomic E-state index is 12.4. The van der Waals surface area contributed by atoms with Crippen LogP contribution in [-0.2, 0) is 16.1 Å². The molecule has 1 aliphatic rings. The first-order valence-electron chi connectivity index (χ1n) is 8.94. The van der Waals surface area contributed by atoms with Gasteiger partial charge >= 0.3 is 5.97 Å². The number of carbonyl (C=O) groups is 3. The fourth-order valence-electron chi connectivity index (χ4n) is 3.70. The molecule has 0 atom stereocenters. The second-order valence-electron chi connectivity index (χ2n) is 6.72. The van der Waals surface area contributed by atoms with Gasteiger partial charge < -0.3 is 14.4 Å². The minimum absolute atomic E-state index is 0.0566. The van der Waals surface area contributed by atoms with Crippen LogP contribution in [0.2, 0.25) is 5.02 Å². The van der Waals surface area contributed by atoms with Crippen molar-refractivity contribution in [2.75, 3.05) is 12.0 Å². The van der Waals surface area contributed by atoms with Crippen molar-refractivity contribution >= 4 is 46.0 Å². The van der Waals surface area contributed by atoms with Gasteiger partial charge in [0, 0.05) is 29.8 Å². The van der Waals surface area contributed by atoms with Crippen LogP contribution < -0.4 is 9.64 Å². The first kappa shape index (κ1) is 19.0. The zero-order chi connectivity index (χ0) is 20.7. The molecule has 29 heavy (non-hydrogen) atoms. The second-order valence-corrected chi connectivity index (χ2v) is 7.16. The third-order valence-electron chi connectivity index (χ3n) is 4.95. The maximum Gasteiger partial charge on any atom is 0.354 e. The summed E-state index contributed by atoms with van der Waals surface area (Å²) >= 11 is 6.15. The van der Waals surface area contributed by atoms with Crippen molar-refractivity contribution < 1.29 is 24.2 Å². The van der Waals surface area contributed by atoms with Crippen LogP contribution in [0.25, 0.3) is 10.9 Å². The van der Waals surface area contributed by atoms with E-state index in [1.165, 1.54) is 0 Å². The first-order valence-corrected chi connectivity index (χ1v) is 9.32. The smallest absolute Gasteiger partial charge is 0.354 e. The molecule has 2 aromatic carbocycles. The van der Waals surface area contributed by atoms with E-state index >= 15 is 0 Å². The highest BCUT2D eigenvalue weighted by Gasteiger charge is 2.37. The average Bonchev–Trinajstić information content (AvgIpc) is 3.18. The van der Waals surface area contributed by atoms with Gasteiger partial charge in [-0.15, -0.1) is 0 Å². The predicted octanol–water partition coefficient (Wildman–Crippen LogP) is 3.70. The number of halogens is 1. The maximum absolute atomic E-state index is 12.4. The van der Waals surface area contributed by atoms with E-state index in [1.807, 2.05) is 12.1 Å². The summed E-state index contributed by atoms with van der Waals surface area (Å²) in [5.74, 6) is -1.43. The molecule has 1 aliphatic heterocycles. The number of anilines is 1. The minimum Gasteiger partial charge on any atom is -0.497 e. The van der Waals surface area contributed by atoms with E-state index in [0.29, 0.717) is 21.7 Å². The van der Waals surface area contributed by atoms with Gasteiger partial charge in [0.2, 0.25) is 11.8 Å². The molecule has 0 spiro atoms. The third kappa shape index (κ3) is 3.23. The first-order chi connectivity index (χ1) is 13.9. The summed E-state index contributed by atoms with van der Waals surface area (Å²) in [6, 6.07) is 12.2. The Kier molecular flexibility index (Phi) is 4.76. The summed E-state index contributed by atoms with van der Waals surface area (Å²) in [4.78, 5) is 38.0. The number of carboxylic acids is 1. The summed E-state index contributed by atoms with van der Waals surface area (Å²) in [6.45, 7) is 0.215. The fourth-order valence-corrected chi connectivity index (χ4v) is 3.87. The highest BCUT2D eigenvalue weighted by Crippen LogP contribution is 2.38. The van der Waals surface area contributed by atoms with Gasteiger partial charge in [0.15, 0.2) is 5.69 Å². The number of carbonyl (C=O) groups excluding carboxylic acids is 2. The molecule has 2 heterocycles. The molecule has 3 aromatic rings. The number of imide groups is 1. The van der Waals surface area contributed by atoms with E-state index in [4.69, 9.17) is 16.3 Å². The molecule has 7 nitrogen and oxygen atoms in total. The Labute approximate surface area is 171 Å². The van der Waals surface area contributed by atoms with Crippen molar-refractivity contribution in [1.29, 1.82) is 0 Å². The van der Waals surface area contributed by atoms with Gasteiger partial charge in [0.05, 0.1) is 18.3 Å². The van der Waals surface area contributed by atoms with Gasteiger partial charge in [-0.3, -0.25) is 9.59 Å². The van der Waals surface area contributed by atoms with Crippen LogP contribution in [0.1, 0.15) is 28.9 Å². The largest absolute Gasteiger partial charge is 0.497 e. The molecule has 8 heteroatoms. The molecule has 1 aromatic heterocycles. The van der Waals surface area contributed by atoms with E-state index in [2.05, 4.69) is 0 Å². The molecule has 0 aliphatic carbocycles. The standard InChI is InChI=1S/C21H17ClN2O5/c1-29-14-4-2-3-12(9-14)11-23-16-6-5-13(22)10-15(16)19(20(23)21(27)28)24-17(25)7-8-18(24)26/h2-6,9-10H,7-8,11H2,1H3,(H,27,28). The van der Waals surface area contributed by atoms with Crippen molar-refractivity contribution in [3.63, 3.8) is 0 Å². The van der Waals surface area contributed by atoms with Crippen LogP contribution in [0.3, 0.4) is 0 Å². The number of carboxylic acid groups (broad SMARTS) is 1. The van der Waals surface area contributed by atoms with E-state index < -0.39 is 17.8 Å². The van der Waals surface area contributed by atoms with Crippen LogP contribution in [0, 0.1) is 0 Å². The zero-order valence-corrected chi connectivity index (χ0v) is 16.3. The van der Waals surface area contributed by atoms with Gasteiger partial charge in [-0.25, -0.2) is 9.69 Å². The number of rotatable bonds is 5. The number of nitrogens with zero attached hydrogens (tertiary/aromatic N) is 2. The molecule has 0 radical (unpaired) electrons. The highest BCUT2D eigenvalue weighted by molar-refractivity contribution is 6.32. The topological polar surface area (TPSA) is 88.8 Å². The fraction of sp³-hybridized carbons (Fsp3) is 0.190. The zero-order valence-electron chi connectivity index (χ0n) is 15.5. The molecular weight excluding hydrogens is 396 g/mol. The van der Waals surface area contributed by atoms with Crippen LogP contribution in [0.5, 0.6) is 5.75 Å². The SMILES string of the molecule is COc1cccc(Cn2c(C(=O)O)c(N3C(=O)CCC3=O)c3cc(Cl)ccc32)c1. The monoisotopic (exact) mass is 412 g/mol. The quantitative estimate of drug-likeness (QED) is 0.645. The lowest BCUT2D eigenvalue weighted by atomic mass is 10.2. The summed E-state index contributed by atoms with van der Waals surface area (Å²) in [7, 11) is 1.55. The van der Waals surface area contributed by atoms with E-state index in [9.17, 15) is 19.5 Å². The number of hydrogen-bond acceptors (Lipinski definition) is 4. The summed E-state index contributed by atoms with van der Waals surface area (Å²) in [6.07, 6.45) is 0.113. The van der Waals surface area contributed by atoms with E-state index in [1.54, 1.807) is 42.0 Å². The minimum atomic E-state index is -1.23. The van der Waals surface area contributed by atoms with Crippen LogP contribution in [0.4, 0.5) is 5.69 Å². The van der Waals surface area contributed by atoms with Crippen LogP contribution >= 0.6 is 11.6 Å². The van der Waals surface area contributed by atoms with Crippen LogP contribution in [-0.4, -0.2) is 34.6 Å². The Bertz CT molecular complexity index is 1150. The van der Waals surface area contributed by atoms with E-state index in [-0.39, 0.29) is 30.8 Å². The van der Waals surface area contributed by atoms with Gasteiger partial charge in [0.1, 0.15) is 5.75 Å². The van der Waals surface area contributed by atoms with Gasteiger partial charge in [0.25, 0.3) is 0 Å². The molecule has 1 N–H and O–H groups in total. The lowest BCUT2D eigenvalue weighted by Crippen LogP contribution is -2.30. The van der Waals surface area contributed by atoms with Crippen molar-refractivity contribution in [2.24, 2.45) is 0 Å². The number of ether oxygens (including phenoxy) is 1. The number of aromatic nitrogens is 1. The third-order valence-corrected chi connectivity index (χ3v) is 5.19. The molecule has 0 bridgehead atoms. The number of benzene rings is 2. The second kappa shape index (κ2) is 7.25. The summed E-state index contributed by atoms with van der Waals surface area (Å²) in [5.41, 5.74) is 1.32. The lowest BCUT2D eigenvalue weighted by Gasteiger charge is -2.15. The summed E-state index contributed by atoms with van der Waals surface area (Å²) < 4.78 is 6.83. The lowest BCUT2D eigenvalue weighted by molar-refractivity contribution is -0.121. The molecule has 1 saturated heterocycles. The predicted molar refractivity (Wildman–Crippen MR) is 108 cm³/mol. The Balaban J connectivity index is 1.99. The van der Waals surface area contributed by atoms with Crippen molar-refractivity contribution in [1.82, 2.24) is 4.57 Å². The number of hydrogen-bond donors (Lipinski definition) is 1. The number of methoxy groups -OCH3 is 1. The molecule has 0 saturated carbocycles. The van der Waals surface area contributed by atoms with E-state index in [0.717, 1.165) is 10.5 Å². The van der Waals surface area contributed by atoms with Crippen LogP contribution in [0.15, 0.2) is 42.5 Å². The Morgan fingerprint density at radius 3 is 2.52 bits per heavy atom. The Morgan fingerprint density at radius 2 is 1.86 bits per heavy atom. The average molecular weight is 413 g/mol. The summed E-state index contributed by atoms with van der Waals surface area (Å²) in [5, 5.41) is 10.8. The normalized spacial score (nSPS) is 14.1. The molecule has 2 amide bonds. The Hall–Kier alpha value is -3.32.